The largest absolute Gasteiger partial charge is 0.477 e. The SMILES string of the molecule is C=c1/c(=C\C(F)=C(/COC)N2CCN(c3ccc(C(F)(F)F)cc3)CC2)c(=O)c(C(=O)O)cn1-c1ccc(CN(CC)CC)cc1. The molecule has 1 aliphatic rings. The Bertz CT molecular complexity index is 1720. The zero-order valence-corrected chi connectivity index (χ0v) is 26.1. The van der Waals surface area contributed by atoms with Crippen LogP contribution in [0.25, 0.3) is 18.3 Å². The van der Waals surface area contributed by atoms with Crippen molar-refractivity contribution in [2.24, 2.45) is 0 Å². The van der Waals surface area contributed by atoms with E-state index in [4.69, 9.17) is 4.74 Å². The van der Waals surface area contributed by atoms with Gasteiger partial charge in [0.15, 0.2) is 0 Å². The second-order valence-electron chi connectivity index (χ2n) is 10.9. The van der Waals surface area contributed by atoms with Crippen LogP contribution in [-0.2, 0) is 17.5 Å². The summed E-state index contributed by atoms with van der Waals surface area (Å²) in [5, 5.41) is 9.72. The normalized spacial score (nSPS) is 15.0. The summed E-state index contributed by atoms with van der Waals surface area (Å²) >= 11 is 0. The number of anilines is 1. The van der Waals surface area contributed by atoms with Gasteiger partial charge in [-0.2, -0.15) is 13.2 Å². The number of halogens is 4. The Balaban J connectivity index is 1.67. The number of aromatic carboxylic acids is 1. The first kappa shape index (κ1) is 34.5. The van der Waals surface area contributed by atoms with Crippen molar-refractivity contribution in [2.75, 3.05) is 57.9 Å². The van der Waals surface area contributed by atoms with Gasteiger partial charge in [0, 0.05) is 68.0 Å². The van der Waals surface area contributed by atoms with Crippen molar-refractivity contribution in [2.45, 2.75) is 26.6 Å². The van der Waals surface area contributed by atoms with Gasteiger partial charge >= 0.3 is 12.1 Å². The predicted octanol–water partition coefficient (Wildman–Crippen LogP) is 4.24. The van der Waals surface area contributed by atoms with Gasteiger partial charge in [0.1, 0.15) is 11.4 Å². The number of alkyl halides is 3. The molecule has 1 fully saturated rings. The number of carboxylic acid groups (broad SMARTS) is 1. The lowest BCUT2D eigenvalue weighted by molar-refractivity contribution is -0.137. The molecule has 4 rings (SSSR count). The summed E-state index contributed by atoms with van der Waals surface area (Å²) in [7, 11) is 1.40. The smallest absolute Gasteiger partial charge is 0.416 e. The summed E-state index contributed by atoms with van der Waals surface area (Å²) in [6.07, 6.45) is -2.23. The lowest BCUT2D eigenvalue weighted by Gasteiger charge is -2.38. The number of ether oxygens (including phenoxy) is 1. The summed E-state index contributed by atoms with van der Waals surface area (Å²) in [5.41, 5.74) is 0.253. The minimum atomic E-state index is -4.43. The Kier molecular flexibility index (Phi) is 11.1. The molecule has 1 saturated heterocycles. The topological polar surface area (TPSA) is 78.2 Å². The Hall–Kier alpha value is -4.42. The fourth-order valence-corrected chi connectivity index (χ4v) is 5.42. The molecule has 246 valence electrons. The molecule has 0 amide bonds. The molecule has 12 heteroatoms. The highest BCUT2D eigenvalue weighted by molar-refractivity contribution is 5.87. The maximum absolute atomic E-state index is 16.0. The third-order valence-electron chi connectivity index (χ3n) is 8.14. The van der Waals surface area contributed by atoms with Gasteiger partial charge in [-0.25, -0.2) is 9.18 Å². The molecule has 46 heavy (non-hydrogen) atoms. The quantitative estimate of drug-likeness (QED) is 0.314. The van der Waals surface area contributed by atoms with Crippen molar-refractivity contribution in [3.8, 4) is 5.69 Å². The Morgan fingerprint density at radius 2 is 1.59 bits per heavy atom. The Labute approximate surface area is 264 Å². The molecule has 0 bridgehead atoms. The van der Waals surface area contributed by atoms with Gasteiger partial charge in [0.2, 0.25) is 5.43 Å². The van der Waals surface area contributed by atoms with Gasteiger partial charge < -0.3 is 24.2 Å². The van der Waals surface area contributed by atoms with Crippen LogP contribution in [0.1, 0.15) is 35.3 Å². The highest BCUT2D eigenvalue weighted by Gasteiger charge is 2.30. The molecule has 8 nitrogen and oxygen atoms in total. The average Bonchev–Trinajstić information content (AvgIpc) is 3.04. The van der Waals surface area contributed by atoms with Gasteiger partial charge in [-0.05, 0) is 61.1 Å². The molecule has 0 atom stereocenters. The van der Waals surface area contributed by atoms with E-state index in [1.165, 1.54) is 30.0 Å². The van der Waals surface area contributed by atoms with E-state index in [1.807, 2.05) is 17.0 Å². The molecule has 0 spiro atoms. The summed E-state index contributed by atoms with van der Waals surface area (Å²) < 4.78 is 61.7. The molecule has 0 radical (unpaired) electrons. The summed E-state index contributed by atoms with van der Waals surface area (Å²) in [5.74, 6) is -2.23. The number of rotatable bonds is 11. The fraction of sp³-hybridized carbons (Fsp3) is 0.353. The second kappa shape index (κ2) is 14.8. The van der Waals surface area contributed by atoms with Gasteiger partial charge in [0.25, 0.3) is 0 Å². The number of hydrogen-bond donors (Lipinski definition) is 1. The first-order chi connectivity index (χ1) is 21.9. The van der Waals surface area contributed by atoms with Gasteiger partial charge in [0.05, 0.1) is 17.9 Å². The summed E-state index contributed by atoms with van der Waals surface area (Å²) in [6.45, 7) is 12.0. The molecule has 2 heterocycles. The van der Waals surface area contributed by atoms with Gasteiger partial charge in [-0.3, -0.25) is 9.69 Å². The Morgan fingerprint density at radius 1 is 1.00 bits per heavy atom. The van der Waals surface area contributed by atoms with Crippen LogP contribution in [0.3, 0.4) is 0 Å². The van der Waals surface area contributed by atoms with Crippen LogP contribution in [-0.4, -0.2) is 78.4 Å². The number of aromatic nitrogens is 1. The molecule has 0 unspecified atom stereocenters. The predicted molar refractivity (Wildman–Crippen MR) is 170 cm³/mol. The fourth-order valence-electron chi connectivity index (χ4n) is 5.42. The van der Waals surface area contributed by atoms with E-state index in [-0.39, 0.29) is 22.9 Å². The monoisotopic (exact) mass is 642 g/mol. The highest BCUT2D eigenvalue weighted by atomic mass is 19.4. The molecular weight excluding hydrogens is 604 g/mol. The summed E-state index contributed by atoms with van der Waals surface area (Å²) in [4.78, 5) is 31.2. The van der Waals surface area contributed by atoms with Crippen molar-refractivity contribution >= 4 is 24.3 Å². The number of piperazine rings is 1. The van der Waals surface area contributed by atoms with Crippen molar-refractivity contribution in [3.63, 3.8) is 0 Å². The molecule has 0 saturated carbocycles. The van der Waals surface area contributed by atoms with Gasteiger partial charge in [-0.15, -0.1) is 0 Å². The minimum Gasteiger partial charge on any atom is -0.477 e. The molecular formula is C34H38F4N4O4. The number of pyridine rings is 1. The van der Waals surface area contributed by atoms with E-state index in [1.54, 1.807) is 17.0 Å². The molecule has 3 aromatic rings. The van der Waals surface area contributed by atoms with E-state index in [2.05, 4.69) is 25.3 Å². The minimum absolute atomic E-state index is 0.116. The van der Waals surface area contributed by atoms with Crippen LogP contribution in [0.15, 0.2) is 71.0 Å². The number of carbonyl (C=O) groups is 1. The Morgan fingerprint density at radius 3 is 2.11 bits per heavy atom. The average molecular weight is 643 g/mol. The summed E-state index contributed by atoms with van der Waals surface area (Å²) in [6, 6.07) is 12.3. The number of hydrogen-bond acceptors (Lipinski definition) is 6. The molecule has 0 aliphatic carbocycles. The van der Waals surface area contributed by atoms with Gasteiger partial charge in [-0.1, -0.05) is 32.6 Å². The van der Waals surface area contributed by atoms with E-state index < -0.39 is 34.5 Å². The number of nitrogens with zero attached hydrogens (tertiary/aromatic N) is 4. The zero-order chi connectivity index (χ0) is 33.6. The van der Waals surface area contributed by atoms with Crippen molar-refractivity contribution in [1.82, 2.24) is 14.4 Å². The molecule has 1 aliphatic heterocycles. The maximum Gasteiger partial charge on any atom is 0.416 e. The number of methoxy groups -OCH3 is 1. The number of allylic oxidation sites excluding steroid dienone is 1. The van der Waals surface area contributed by atoms with Crippen LogP contribution >= 0.6 is 0 Å². The van der Waals surface area contributed by atoms with Crippen molar-refractivity contribution in [1.29, 1.82) is 0 Å². The lowest BCUT2D eigenvalue weighted by atomic mass is 10.1. The standard InChI is InChI=1S/C34H38F4N4O4/c1-5-39(6-2)20-24-7-11-27(12-8-24)42-21-29(33(44)45)32(43)28(23(42)3)19-30(35)31(22-46-4)41-17-15-40(16-18-41)26-13-9-25(10-14-26)34(36,37)38/h7-14,19,21H,3,5-6,15-18,20,22H2,1-2,4H3,(H,44,45)/b28-19+,31-30-. The van der Waals surface area contributed by atoms with E-state index >= 15 is 4.39 Å². The third-order valence-corrected chi connectivity index (χ3v) is 8.14. The maximum atomic E-state index is 16.0. The number of benzene rings is 2. The lowest BCUT2D eigenvalue weighted by Crippen LogP contribution is -2.47. The van der Waals surface area contributed by atoms with Crippen LogP contribution in [0.4, 0.5) is 23.2 Å². The van der Waals surface area contributed by atoms with Crippen LogP contribution in [0, 0.1) is 0 Å². The first-order valence-corrected chi connectivity index (χ1v) is 14.9. The third kappa shape index (κ3) is 7.86. The molecule has 1 aromatic heterocycles. The van der Waals surface area contributed by atoms with Crippen molar-refractivity contribution < 1.29 is 32.2 Å². The van der Waals surface area contributed by atoms with E-state index in [0.717, 1.165) is 43.4 Å². The van der Waals surface area contributed by atoms with Crippen LogP contribution in [0.5, 0.6) is 0 Å². The van der Waals surface area contributed by atoms with E-state index in [0.29, 0.717) is 37.6 Å². The molecule has 1 N–H and O–H groups in total. The van der Waals surface area contributed by atoms with Crippen LogP contribution < -0.4 is 20.9 Å². The molecule has 2 aromatic carbocycles. The second-order valence-corrected chi connectivity index (χ2v) is 10.9. The van der Waals surface area contributed by atoms with Crippen molar-refractivity contribution in [3.05, 3.63) is 104 Å². The van der Waals surface area contributed by atoms with Crippen LogP contribution in [0.2, 0.25) is 0 Å². The highest BCUT2D eigenvalue weighted by Crippen LogP contribution is 2.31. The van der Waals surface area contributed by atoms with E-state index in [9.17, 15) is 27.9 Å². The first-order valence-electron chi connectivity index (χ1n) is 14.9. The number of carboxylic acids is 1. The zero-order valence-electron chi connectivity index (χ0n) is 26.1.